The molecule has 1 heterocycles. The largest absolute Gasteiger partial charge is 0.508 e. The Labute approximate surface area is 86.6 Å². The molecule has 1 N–H and O–H groups in total. The van der Waals surface area contributed by atoms with Crippen molar-refractivity contribution in [2.24, 2.45) is 0 Å². The van der Waals surface area contributed by atoms with E-state index in [1.807, 2.05) is 30.3 Å². The number of hydrogen-bond donors (Lipinski definition) is 1. The normalized spacial score (nSPS) is 10.0. The van der Waals surface area contributed by atoms with Gasteiger partial charge in [-0.1, -0.05) is 17.8 Å². The standard InChI is InChI=1S/C11H9NOS/c13-9-4-6-10(7-5-9)14-11-3-1-2-8-12-11/h1-8,13H. The molecule has 1 aromatic carbocycles. The average Bonchev–Trinajstić information content (AvgIpc) is 2.23. The van der Waals surface area contributed by atoms with E-state index in [4.69, 9.17) is 5.11 Å². The van der Waals surface area contributed by atoms with Gasteiger partial charge in [-0.25, -0.2) is 4.98 Å². The molecule has 0 saturated heterocycles. The van der Waals surface area contributed by atoms with Crippen molar-refractivity contribution in [1.29, 1.82) is 0 Å². The molecule has 0 bridgehead atoms. The number of hydrogen-bond acceptors (Lipinski definition) is 3. The number of benzene rings is 1. The third-order valence-corrected chi connectivity index (χ3v) is 2.66. The van der Waals surface area contributed by atoms with Crippen LogP contribution >= 0.6 is 11.8 Å². The third-order valence-electron chi connectivity index (χ3n) is 1.70. The molecule has 0 fully saturated rings. The Bertz CT molecular complexity index is 399. The van der Waals surface area contributed by atoms with E-state index in [1.165, 1.54) is 0 Å². The van der Waals surface area contributed by atoms with Crippen molar-refractivity contribution in [3.63, 3.8) is 0 Å². The summed E-state index contributed by atoms with van der Waals surface area (Å²) in [5, 5.41) is 10.1. The van der Waals surface area contributed by atoms with Crippen molar-refractivity contribution in [3.8, 4) is 5.75 Å². The molecule has 2 rings (SSSR count). The lowest BCUT2D eigenvalue weighted by atomic mass is 10.3. The van der Waals surface area contributed by atoms with E-state index in [-0.39, 0.29) is 5.75 Å². The molecule has 3 heteroatoms. The van der Waals surface area contributed by atoms with Gasteiger partial charge in [0.2, 0.25) is 0 Å². The molecule has 0 atom stereocenters. The Kier molecular flexibility index (Phi) is 2.70. The van der Waals surface area contributed by atoms with E-state index in [0.29, 0.717) is 0 Å². The fourth-order valence-electron chi connectivity index (χ4n) is 1.04. The molecular weight excluding hydrogens is 194 g/mol. The number of aromatic hydroxyl groups is 1. The van der Waals surface area contributed by atoms with Crippen LogP contribution in [0.15, 0.2) is 58.6 Å². The zero-order chi connectivity index (χ0) is 9.80. The van der Waals surface area contributed by atoms with Gasteiger partial charge in [0.25, 0.3) is 0 Å². The van der Waals surface area contributed by atoms with Crippen LogP contribution in [-0.4, -0.2) is 10.1 Å². The molecule has 0 aliphatic carbocycles. The molecule has 0 aliphatic heterocycles. The zero-order valence-corrected chi connectivity index (χ0v) is 8.24. The van der Waals surface area contributed by atoms with E-state index >= 15 is 0 Å². The van der Waals surface area contributed by atoms with Gasteiger partial charge < -0.3 is 5.11 Å². The van der Waals surface area contributed by atoms with Crippen molar-refractivity contribution in [3.05, 3.63) is 48.7 Å². The molecular formula is C11H9NOS. The molecule has 0 radical (unpaired) electrons. The summed E-state index contributed by atoms with van der Waals surface area (Å²) in [4.78, 5) is 5.27. The minimum absolute atomic E-state index is 0.287. The van der Waals surface area contributed by atoms with Crippen molar-refractivity contribution in [2.45, 2.75) is 9.92 Å². The summed E-state index contributed by atoms with van der Waals surface area (Å²) in [5.74, 6) is 0.287. The highest BCUT2D eigenvalue weighted by Gasteiger charge is 1.96. The Hall–Kier alpha value is -1.48. The minimum Gasteiger partial charge on any atom is -0.508 e. The Morgan fingerprint density at radius 3 is 2.43 bits per heavy atom. The fraction of sp³-hybridized carbons (Fsp3) is 0. The molecule has 70 valence electrons. The Morgan fingerprint density at radius 2 is 1.79 bits per heavy atom. The van der Waals surface area contributed by atoms with Crippen LogP contribution in [0.25, 0.3) is 0 Å². The molecule has 0 saturated carbocycles. The van der Waals surface area contributed by atoms with Crippen molar-refractivity contribution in [1.82, 2.24) is 4.98 Å². The molecule has 1 aromatic heterocycles. The predicted molar refractivity (Wildman–Crippen MR) is 56.5 cm³/mol. The first-order valence-electron chi connectivity index (χ1n) is 4.22. The molecule has 2 aromatic rings. The summed E-state index contributed by atoms with van der Waals surface area (Å²) >= 11 is 1.57. The first-order valence-corrected chi connectivity index (χ1v) is 5.04. The number of phenols is 1. The van der Waals surface area contributed by atoms with Gasteiger partial charge in [-0.15, -0.1) is 0 Å². The second-order valence-corrected chi connectivity index (χ2v) is 3.86. The minimum atomic E-state index is 0.287. The van der Waals surface area contributed by atoms with Gasteiger partial charge in [0.1, 0.15) is 10.8 Å². The summed E-state index contributed by atoms with van der Waals surface area (Å²) in [6, 6.07) is 12.9. The third kappa shape index (κ3) is 2.26. The van der Waals surface area contributed by atoms with E-state index < -0.39 is 0 Å². The maximum Gasteiger partial charge on any atom is 0.115 e. The highest BCUT2D eigenvalue weighted by atomic mass is 32.2. The molecule has 0 amide bonds. The van der Waals surface area contributed by atoms with Gasteiger partial charge in [0, 0.05) is 11.1 Å². The monoisotopic (exact) mass is 203 g/mol. The van der Waals surface area contributed by atoms with Crippen LogP contribution in [0.2, 0.25) is 0 Å². The molecule has 0 unspecified atom stereocenters. The lowest BCUT2D eigenvalue weighted by Crippen LogP contribution is -1.76. The SMILES string of the molecule is Oc1ccc(Sc2ccccn2)cc1. The van der Waals surface area contributed by atoms with Gasteiger partial charge in [-0.3, -0.25) is 0 Å². The average molecular weight is 203 g/mol. The lowest BCUT2D eigenvalue weighted by molar-refractivity contribution is 0.475. The van der Waals surface area contributed by atoms with Gasteiger partial charge in [0.05, 0.1) is 0 Å². The highest BCUT2D eigenvalue weighted by Crippen LogP contribution is 2.26. The fourth-order valence-corrected chi connectivity index (χ4v) is 1.82. The van der Waals surface area contributed by atoms with Crippen molar-refractivity contribution in [2.75, 3.05) is 0 Å². The highest BCUT2D eigenvalue weighted by molar-refractivity contribution is 7.99. The maximum atomic E-state index is 9.10. The Morgan fingerprint density at radius 1 is 1.00 bits per heavy atom. The van der Waals surface area contributed by atoms with Crippen LogP contribution < -0.4 is 0 Å². The van der Waals surface area contributed by atoms with E-state index in [2.05, 4.69) is 4.98 Å². The van der Waals surface area contributed by atoms with Crippen molar-refractivity contribution < 1.29 is 5.11 Å². The molecule has 0 spiro atoms. The number of rotatable bonds is 2. The van der Waals surface area contributed by atoms with Gasteiger partial charge in [-0.2, -0.15) is 0 Å². The van der Waals surface area contributed by atoms with Crippen molar-refractivity contribution >= 4 is 11.8 Å². The summed E-state index contributed by atoms with van der Waals surface area (Å²) in [5.41, 5.74) is 0. The maximum absolute atomic E-state index is 9.10. The summed E-state index contributed by atoms with van der Waals surface area (Å²) in [6.07, 6.45) is 1.77. The molecule has 0 aliphatic rings. The Balaban J connectivity index is 2.16. The topological polar surface area (TPSA) is 33.1 Å². The predicted octanol–water partition coefficient (Wildman–Crippen LogP) is 2.94. The van der Waals surface area contributed by atoms with Crippen LogP contribution in [0.5, 0.6) is 5.75 Å². The van der Waals surface area contributed by atoms with Gasteiger partial charge in [0.15, 0.2) is 0 Å². The van der Waals surface area contributed by atoms with E-state index in [9.17, 15) is 0 Å². The first kappa shape index (κ1) is 9.09. The molecule has 2 nitrogen and oxygen atoms in total. The van der Waals surface area contributed by atoms with Crippen LogP contribution in [-0.2, 0) is 0 Å². The number of nitrogens with zero attached hydrogens (tertiary/aromatic N) is 1. The van der Waals surface area contributed by atoms with Gasteiger partial charge >= 0.3 is 0 Å². The second kappa shape index (κ2) is 4.15. The van der Waals surface area contributed by atoms with Crippen LogP contribution in [0.3, 0.4) is 0 Å². The number of pyridine rings is 1. The van der Waals surface area contributed by atoms with E-state index in [0.717, 1.165) is 9.92 Å². The zero-order valence-electron chi connectivity index (χ0n) is 7.42. The van der Waals surface area contributed by atoms with E-state index in [1.54, 1.807) is 30.1 Å². The lowest BCUT2D eigenvalue weighted by Gasteiger charge is -1.99. The summed E-state index contributed by atoms with van der Waals surface area (Å²) in [7, 11) is 0. The second-order valence-electron chi connectivity index (χ2n) is 2.76. The summed E-state index contributed by atoms with van der Waals surface area (Å²) < 4.78 is 0. The van der Waals surface area contributed by atoms with Crippen LogP contribution in [0.4, 0.5) is 0 Å². The quantitative estimate of drug-likeness (QED) is 0.814. The van der Waals surface area contributed by atoms with Crippen LogP contribution in [0, 0.1) is 0 Å². The summed E-state index contributed by atoms with van der Waals surface area (Å²) in [6.45, 7) is 0. The number of aromatic nitrogens is 1. The van der Waals surface area contributed by atoms with Crippen LogP contribution in [0.1, 0.15) is 0 Å². The number of phenolic OH excluding ortho intramolecular Hbond substituents is 1. The first-order chi connectivity index (χ1) is 6.84. The molecule has 14 heavy (non-hydrogen) atoms. The van der Waals surface area contributed by atoms with Gasteiger partial charge in [-0.05, 0) is 36.4 Å². The smallest absolute Gasteiger partial charge is 0.115 e.